The number of nitrogens with one attached hydrogen (secondary N) is 1. The average Bonchev–Trinajstić information content (AvgIpc) is 2.07. The Morgan fingerprint density at radius 1 is 1.21 bits per heavy atom. The Kier molecular flexibility index (Phi) is 3.78. The van der Waals surface area contributed by atoms with Gasteiger partial charge in [0.25, 0.3) is 0 Å². The number of piperidine rings is 1. The van der Waals surface area contributed by atoms with Gasteiger partial charge in [-0.2, -0.15) is 0 Å². The summed E-state index contributed by atoms with van der Waals surface area (Å²) >= 11 is 0. The second-order valence-corrected chi connectivity index (χ2v) is 11.6. The predicted octanol–water partition coefficient (Wildman–Crippen LogP) is 1.94. The Hall–Kier alpha value is 0.137. The summed E-state index contributed by atoms with van der Waals surface area (Å²) < 4.78 is 0. The van der Waals surface area contributed by atoms with Gasteiger partial charge in [0.2, 0.25) is 0 Å². The molecule has 0 atom stereocenters. The smallest absolute Gasteiger partial charge is 0.0599 e. The molecule has 3 heteroatoms. The fraction of sp³-hybridized carbons (Fsp3) is 1.00. The summed E-state index contributed by atoms with van der Waals surface area (Å²) in [5.41, 5.74) is 0.399. The molecule has 1 fully saturated rings. The lowest BCUT2D eigenvalue weighted by atomic mass is 9.90. The lowest BCUT2D eigenvalue weighted by Crippen LogP contribution is -2.52. The average molecular weight is 214 g/mol. The first-order valence-corrected chi connectivity index (χ1v) is 9.47. The maximum absolute atomic E-state index is 3.45. The van der Waals surface area contributed by atoms with Crippen LogP contribution in [0.4, 0.5) is 0 Å². The van der Waals surface area contributed by atoms with E-state index >= 15 is 0 Å². The molecule has 0 aromatic heterocycles. The Labute approximate surface area is 90.1 Å². The van der Waals surface area contributed by atoms with Crippen molar-refractivity contribution in [2.75, 3.05) is 26.3 Å². The molecule has 1 heterocycles. The molecule has 14 heavy (non-hydrogen) atoms. The second kappa shape index (κ2) is 4.33. The summed E-state index contributed by atoms with van der Waals surface area (Å²) in [7, 11) is 1.20. The highest BCUT2D eigenvalue weighted by Gasteiger charge is 2.29. The van der Waals surface area contributed by atoms with Crippen molar-refractivity contribution in [3.63, 3.8) is 0 Å². The molecule has 0 aromatic rings. The molecule has 0 aromatic carbocycles. The summed E-state index contributed by atoms with van der Waals surface area (Å²) in [6.07, 6.45) is 3.97. The SMILES string of the molecule is CNC1(C)CCN(C[Si](C)(C)C)CC1. The van der Waals surface area contributed by atoms with Crippen LogP contribution in [0.3, 0.4) is 0 Å². The molecule has 1 aliphatic rings. The molecule has 1 rings (SSSR count). The molecule has 0 radical (unpaired) electrons. The van der Waals surface area contributed by atoms with Gasteiger partial charge in [0.05, 0.1) is 8.07 Å². The molecular weight excluding hydrogens is 188 g/mol. The first kappa shape index (κ1) is 12.2. The van der Waals surface area contributed by atoms with Crippen LogP contribution in [0.15, 0.2) is 0 Å². The maximum Gasteiger partial charge on any atom is 0.0599 e. The summed E-state index contributed by atoms with van der Waals surface area (Å²) in [4.78, 5) is 2.66. The molecule has 1 aliphatic heterocycles. The topological polar surface area (TPSA) is 15.3 Å². The Morgan fingerprint density at radius 2 is 1.71 bits per heavy atom. The zero-order valence-electron chi connectivity index (χ0n) is 10.5. The monoisotopic (exact) mass is 214 g/mol. The van der Waals surface area contributed by atoms with E-state index in [1.54, 1.807) is 0 Å². The number of likely N-dealkylation sites (tertiary alicyclic amines) is 1. The normalized spacial score (nSPS) is 23.8. The Bertz CT molecular complexity index is 178. The summed E-state index contributed by atoms with van der Waals surface area (Å²) in [6.45, 7) is 12.3. The van der Waals surface area contributed by atoms with Crippen molar-refractivity contribution in [3.8, 4) is 0 Å². The summed E-state index contributed by atoms with van der Waals surface area (Å²) in [5.74, 6) is 0. The van der Waals surface area contributed by atoms with Crippen LogP contribution in [0.2, 0.25) is 19.6 Å². The quantitative estimate of drug-likeness (QED) is 0.722. The maximum atomic E-state index is 3.45. The van der Waals surface area contributed by atoms with Gasteiger partial charge in [-0.1, -0.05) is 19.6 Å². The van der Waals surface area contributed by atoms with Crippen LogP contribution in [-0.2, 0) is 0 Å². The molecule has 2 nitrogen and oxygen atoms in total. The number of rotatable bonds is 3. The van der Waals surface area contributed by atoms with E-state index in [4.69, 9.17) is 0 Å². The summed E-state index contributed by atoms with van der Waals surface area (Å²) in [6, 6.07) is 0. The third kappa shape index (κ3) is 3.71. The van der Waals surface area contributed by atoms with Crippen LogP contribution in [0.1, 0.15) is 19.8 Å². The molecule has 0 amide bonds. The van der Waals surface area contributed by atoms with E-state index in [0.717, 1.165) is 0 Å². The van der Waals surface area contributed by atoms with Gasteiger partial charge in [0, 0.05) is 5.54 Å². The minimum absolute atomic E-state index is 0.399. The molecule has 0 spiro atoms. The van der Waals surface area contributed by atoms with Gasteiger partial charge in [0.15, 0.2) is 0 Å². The molecule has 1 saturated heterocycles. The van der Waals surface area contributed by atoms with Gasteiger partial charge in [-0.25, -0.2) is 0 Å². The molecular formula is C11H26N2Si. The van der Waals surface area contributed by atoms with Crippen LogP contribution < -0.4 is 5.32 Å². The van der Waals surface area contributed by atoms with E-state index in [-0.39, 0.29) is 0 Å². The van der Waals surface area contributed by atoms with Gasteiger partial charge >= 0.3 is 0 Å². The molecule has 0 saturated carbocycles. The van der Waals surface area contributed by atoms with Gasteiger partial charge in [-0.05, 0) is 46.1 Å². The van der Waals surface area contributed by atoms with Crippen molar-refractivity contribution in [3.05, 3.63) is 0 Å². The largest absolute Gasteiger partial charge is 0.314 e. The van der Waals surface area contributed by atoms with Crippen molar-refractivity contribution >= 4 is 8.07 Å². The third-order valence-corrected chi connectivity index (χ3v) is 4.66. The van der Waals surface area contributed by atoms with Gasteiger partial charge in [0.1, 0.15) is 0 Å². The van der Waals surface area contributed by atoms with Crippen LogP contribution in [-0.4, -0.2) is 44.8 Å². The summed E-state index contributed by atoms with van der Waals surface area (Å²) in [5, 5.41) is 3.45. The Morgan fingerprint density at radius 3 is 2.07 bits per heavy atom. The fourth-order valence-corrected chi connectivity index (χ4v) is 3.78. The van der Waals surface area contributed by atoms with Crippen LogP contribution >= 0.6 is 0 Å². The number of hydrogen-bond donors (Lipinski definition) is 1. The van der Waals surface area contributed by atoms with Gasteiger partial charge in [-0.3, -0.25) is 0 Å². The zero-order chi connectivity index (χ0) is 10.8. The standard InChI is InChI=1S/C11H26N2Si/c1-11(12-2)6-8-13(9-7-11)10-14(3,4)5/h12H,6-10H2,1-5H3. The first-order chi connectivity index (χ1) is 6.35. The third-order valence-electron chi connectivity index (χ3n) is 3.26. The van der Waals surface area contributed by atoms with Crippen molar-refractivity contribution in [1.29, 1.82) is 0 Å². The lowest BCUT2D eigenvalue weighted by Gasteiger charge is -2.41. The second-order valence-electron chi connectivity index (χ2n) is 6.15. The van der Waals surface area contributed by atoms with Gasteiger partial charge in [-0.15, -0.1) is 0 Å². The van der Waals surface area contributed by atoms with Crippen LogP contribution in [0, 0.1) is 0 Å². The van der Waals surface area contributed by atoms with Crippen molar-refractivity contribution < 1.29 is 0 Å². The van der Waals surface area contributed by atoms with E-state index in [1.165, 1.54) is 32.1 Å². The van der Waals surface area contributed by atoms with E-state index in [9.17, 15) is 0 Å². The van der Waals surface area contributed by atoms with Crippen molar-refractivity contribution in [2.24, 2.45) is 0 Å². The van der Waals surface area contributed by atoms with E-state index in [0.29, 0.717) is 5.54 Å². The zero-order valence-corrected chi connectivity index (χ0v) is 11.5. The molecule has 1 N–H and O–H groups in total. The van der Waals surface area contributed by atoms with E-state index < -0.39 is 8.07 Å². The molecule has 84 valence electrons. The molecule has 0 bridgehead atoms. The minimum atomic E-state index is -0.896. The van der Waals surface area contributed by atoms with E-state index in [2.05, 4.69) is 43.8 Å². The lowest BCUT2D eigenvalue weighted by molar-refractivity contribution is 0.169. The highest BCUT2D eigenvalue weighted by atomic mass is 28.3. The van der Waals surface area contributed by atoms with Gasteiger partial charge < -0.3 is 10.2 Å². The van der Waals surface area contributed by atoms with Crippen LogP contribution in [0.25, 0.3) is 0 Å². The minimum Gasteiger partial charge on any atom is -0.314 e. The Balaban J connectivity index is 2.36. The number of hydrogen-bond acceptors (Lipinski definition) is 2. The molecule has 0 aliphatic carbocycles. The van der Waals surface area contributed by atoms with Crippen LogP contribution in [0.5, 0.6) is 0 Å². The van der Waals surface area contributed by atoms with Crippen molar-refractivity contribution in [1.82, 2.24) is 10.2 Å². The number of nitrogens with zero attached hydrogens (tertiary/aromatic N) is 1. The first-order valence-electron chi connectivity index (χ1n) is 5.76. The highest BCUT2D eigenvalue weighted by Crippen LogP contribution is 2.21. The molecule has 0 unspecified atom stereocenters. The van der Waals surface area contributed by atoms with Crippen molar-refractivity contribution in [2.45, 2.75) is 44.9 Å². The highest BCUT2D eigenvalue weighted by molar-refractivity contribution is 6.76. The van der Waals surface area contributed by atoms with E-state index in [1.807, 2.05) is 0 Å². The predicted molar refractivity (Wildman–Crippen MR) is 66.5 cm³/mol. The fourth-order valence-electron chi connectivity index (χ4n) is 2.13.